The van der Waals surface area contributed by atoms with Crippen LogP contribution >= 0.6 is 0 Å². The number of hydrogen-bond acceptors (Lipinski definition) is 4. The van der Waals surface area contributed by atoms with Gasteiger partial charge in [0.15, 0.2) is 11.6 Å². The van der Waals surface area contributed by atoms with Crippen LogP contribution in [-0.2, 0) is 0 Å². The molecular formula is C20H19FN4O2. The van der Waals surface area contributed by atoms with Crippen LogP contribution < -0.4 is 10.2 Å². The Balaban J connectivity index is 1.33. The fraction of sp³-hybridized carbons (Fsp3) is 0.200. The van der Waals surface area contributed by atoms with Crippen molar-refractivity contribution in [1.29, 1.82) is 0 Å². The van der Waals surface area contributed by atoms with Gasteiger partial charge in [0.2, 0.25) is 0 Å². The molecule has 0 bridgehead atoms. The van der Waals surface area contributed by atoms with E-state index in [2.05, 4.69) is 15.4 Å². The minimum absolute atomic E-state index is 0.207. The van der Waals surface area contributed by atoms with Crippen molar-refractivity contribution in [3.05, 3.63) is 66.5 Å². The molecule has 1 fully saturated rings. The molecule has 0 atom stereocenters. The highest BCUT2D eigenvalue weighted by Crippen LogP contribution is 2.22. The maximum Gasteiger partial charge on any atom is 0.323 e. The summed E-state index contributed by atoms with van der Waals surface area (Å²) in [6, 6.07) is 17.5. The van der Waals surface area contributed by atoms with Gasteiger partial charge in [-0.2, -0.15) is 0 Å². The zero-order valence-corrected chi connectivity index (χ0v) is 14.6. The van der Waals surface area contributed by atoms with Crippen molar-refractivity contribution >= 4 is 17.5 Å². The Hall–Kier alpha value is -3.35. The second kappa shape index (κ2) is 7.49. The number of amides is 2. The highest BCUT2D eigenvalue weighted by atomic mass is 19.1. The molecule has 1 aromatic heterocycles. The lowest BCUT2D eigenvalue weighted by Crippen LogP contribution is -2.50. The SMILES string of the molecule is O=C(Nc1cc(-c2ccccc2)on1)N1CCN(c2ccc(F)cc2)CC1. The molecule has 0 radical (unpaired) electrons. The van der Waals surface area contributed by atoms with Gasteiger partial charge in [0.25, 0.3) is 0 Å². The van der Waals surface area contributed by atoms with E-state index >= 15 is 0 Å². The van der Waals surface area contributed by atoms with Crippen LogP contribution in [0.1, 0.15) is 0 Å². The van der Waals surface area contributed by atoms with Crippen LogP contribution in [0.15, 0.2) is 65.2 Å². The molecule has 27 heavy (non-hydrogen) atoms. The Labute approximate surface area is 156 Å². The summed E-state index contributed by atoms with van der Waals surface area (Å²) >= 11 is 0. The summed E-state index contributed by atoms with van der Waals surface area (Å²) in [5, 5.41) is 6.70. The number of anilines is 2. The lowest BCUT2D eigenvalue weighted by Gasteiger charge is -2.35. The number of benzene rings is 2. The second-order valence-electron chi connectivity index (χ2n) is 6.32. The highest BCUT2D eigenvalue weighted by molar-refractivity contribution is 5.89. The zero-order valence-electron chi connectivity index (χ0n) is 14.6. The van der Waals surface area contributed by atoms with Gasteiger partial charge in [0.1, 0.15) is 5.82 Å². The van der Waals surface area contributed by atoms with Gasteiger partial charge in [-0.25, -0.2) is 9.18 Å². The predicted molar refractivity (Wildman–Crippen MR) is 101 cm³/mol. The fourth-order valence-corrected chi connectivity index (χ4v) is 3.08. The number of carbonyl (C=O) groups is 1. The molecule has 0 aliphatic carbocycles. The third-order valence-electron chi connectivity index (χ3n) is 4.56. The summed E-state index contributed by atoms with van der Waals surface area (Å²) in [5.41, 5.74) is 1.86. The van der Waals surface area contributed by atoms with E-state index in [1.165, 1.54) is 12.1 Å². The maximum atomic E-state index is 13.0. The molecule has 2 aromatic carbocycles. The van der Waals surface area contributed by atoms with E-state index < -0.39 is 0 Å². The number of nitrogens with one attached hydrogen (secondary N) is 1. The molecule has 4 rings (SSSR count). The second-order valence-corrected chi connectivity index (χ2v) is 6.32. The van der Waals surface area contributed by atoms with Gasteiger partial charge in [-0.3, -0.25) is 5.32 Å². The number of hydrogen-bond donors (Lipinski definition) is 1. The molecule has 1 aliphatic heterocycles. The van der Waals surface area contributed by atoms with Gasteiger partial charge >= 0.3 is 6.03 Å². The fourth-order valence-electron chi connectivity index (χ4n) is 3.08. The Morgan fingerprint density at radius 3 is 2.41 bits per heavy atom. The first-order chi connectivity index (χ1) is 13.2. The van der Waals surface area contributed by atoms with Crippen molar-refractivity contribution in [3.8, 4) is 11.3 Å². The van der Waals surface area contributed by atoms with Crippen LogP contribution in [0.4, 0.5) is 20.7 Å². The minimum Gasteiger partial charge on any atom is -0.368 e. The molecule has 138 valence electrons. The molecule has 0 spiro atoms. The van der Waals surface area contributed by atoms with E-state index in [-0.39, 0.29) is 11.8 Å². The van der Waals surface area contributed by atoms with Gasteiger partial charge in [0.05, 0.1) is 0 Å². The van der Waals surface area contributed by atoms with Crippen molar-refractivity contribution < 1.29 is 13.7 Å². The number of piperazine rings is 1. The van der Waals surface area contributed by atoms with Crippen LogP contribution in [0.3, 0.4) is 0 Å². The average Bonchev–Trinajstić information content (AvgIpc) is 3.18. The van der Waals surface area contributed by atoms with Crippen LogP contribution in [0.25, 0.3) is 11.3 Å². The van der Waals surface area contributed by atoms with Crippen molar-refractivity contribution in [1.82, 2.24) is 10.1 Å². The normalized spacial score (nSPS) is 14.3. The molecule has 1 aliphatic rings. The molecule has 1 saturated heterocycles. The van der Waals surface area contributed by atoms with Gasteiger partial charge in [-0.15, -0.1) is 0 Å². The third kappa shape index (κ3) is 3.92. The highest BCUT2D eigenvalue weighted by Gasteiger charge is 2.22. The van der Waals surface area contributed by atoms with E-state index in [1.54, 1.807) is 23.1 Å². The van der Waals surface area contributed by atoms with Crippen LogP contribution in [0.2, 0.25) is 0 Å². The third-order valence-corrected chi connectivity index (χ3v) is 4.56. The lowest BCUT2D eigenvalue weighted by atomic mass is 10.2. The van der Waals surface area contributed by atoms with E-state index in [0.29, 0.717) is 37.8 Å². The molecule has 1 N–H and O–H groups in total. The molecule has 3 aromatic rings. The van der Waals surface area contributed by atoms with Gasteiger partial charge in [-0.1, -0.05) is 35.5 Å². The summed E-state index contributed by atoms with van der Waals surface area (Å²) < 4.78 is 18.3. The van der Waals surface area contributed by atoms with Crippen LogP contribution in [-0.4, -0.2) is 42.3 Å². The molecule has 0 saturated carbocycles. The number of nitrogens with zero attached hydrogens (tertiary/aromatic N) is 3. The topological polar surface area (TPSA) is 61.6 Å². The zero-order chi connectivity index (χ0) is 18.6. The monoisotopic (exact) mass is 366 g/mol. The molecule has 0 unspecified atom stereocenters. The first-order valence-electron chi connectivity index (χ1n) is 8.77. The van der Waals surface area contributed by atoms with E-state index in [9.17, 15) is 9.18 Å². The maximum absolute atomic E-state index is 13.0. The van der Waals surface area contributed by atoms with Gasteiger partial charge < -0.3 is 14.3 Å². The molecule has 2 amide bonds. The van der Waals surface area contributed by atoms with Crippen molar-refractivity contribution in [2.24, 2.45) is 0 Å². The standard InChI is InChI=1S/C20H19FN4O2/c21-16-6-8-17(9-7-16)24-10-12-25(13-11-24)20(26)22-19-14-18(27-23-19)15-4-2-1-3-5-15/h1-9,14H,10-13H2,(H,22,23,26). The Kier molecular flexibility index (Phi) is 4.74. The molecule has 2 heterocycles. The Morgan fingerprint density at radius 2 is 1.70 bits per heavy atom. The number of halogens is 1. The summed E-state index contributed by atoms with van der Waals surface area (Å²) in [7, 11) is 0. The van der Waals surface area contributed by atoms with Crippen molar-refractivity contribution in [2.75, 3.05) is 36.4 Å². The summed E-state index contributed by atoms with van der Waals surface area (Å²) in [6.07, 6.45) is 0. The number of rotatable bonds is 3. The van der Waals surface area contributed by atoms with Gasteiger partial charge in [0, 0.05) is 43.5 Å². The summed E-state index contributed by atoms with van der Waals surface area (Å²) in [5.74, 6) is 0.742. The first-order valence-corrected chi connectivity index (χ1v) is 8.77. The first kappa shape index (κ1) is 17.1. The Morgan fingerprint density at radius 1 is 1.00 bits per heavy atom. The van der Waals surface area contributed by atoms with E-state index in [1.807, 2.05) is 30.3 Å². The summed E-state index contributed by atoms with van der Waals surface area (Å²) in [4.78, 5) is 16.3. The average molecular weight is 366 g/mol. The number of aromatic nitrogens is 1. The predicted octanol–water partition coefficient (Wildman–Crippen LogP) is 3.83. The van der Waals surface area contributed by atoms with Crippen LogP contribution in [0, 0.1) is 5.82 Å². The summed E-state index contributed by atoms with van der Waals surface area (Å²) in [6.45, 7) is 2.53. The quantitative estimate of drug-likeness (QED) is 0.765. The molecule has 7 heteroatoms. The molecule has 6 nitrogen and oxygen atoms in total. The Bertz CT molecular complexity index is 903. The van der Waals surface area contributed by atoms with Crippen molar-refractivity contribution in [2.45, 2.75) is 0 Å². The number of urea groups is 1. The van der Waals surface area contributed by atoms with Crippen LogP contribution in [0.5, 0.6) is 0 Å². The molecular weight excluding hydrogens is 347 g/mol. The largest absolute Gasteiger partial charge is 0.368 e. The van der Waals surface area contributed by atoms with Crippen molar-refractivity contribution in [3.63, 3.8) is 0 Å². The van der Waals surface area contributed by atoms with E-state index in [0.717, 1.165) is 11.3 Å². The lowest BCUT2D eigenvalue weighted by molar-refractivity contribution is 0.208. The number of carbonyl (C=O) groups excluding carboxylic acids is 1. The minimum atomic E-state index is -0.251. The van der Waals surface area contributed by atoms with E-state index in [4.69, 9.17) is 4.52 Å². The smallest absolute Gasteiger partial charge is 0.323 e. The van der Waals surface area contributed by atoms with Gasteiger partial charge in [-0.05, 0) is 24.3 Å².